The Bertz CT molecular complexity index is 598. The number of rotatable bonds is 3. The molecule has 0 bridgehead atoms. The van der Waals surface area contributed by atoms with Crippen LogP contribution < -0.4 is 0 Å². The maximum Gasteiger partial charge on any atom is 0.270 e. The Hall–Kier alpha value is -2.07. The monoisotopic (exact) mass is 283 g/mol. The van der Waals surface area contributed by atoms with E-state index in [-0.39, 0.29) is 5.91 Å². The van der Waals surface area contributed by atoms with Crippen molar-refractivity contribution in [1.82, 2.24) is 14.4 Å². The van der Waals surface area contributed by atoms with Gasteiger partial charge in [0.25, 0.3) is 5.91 Å². The summed E-state index contributed by atoms with van der Waals surface area (Å²) >= 11 is 0. The number of nitrogens with zero attached hydrogens (tertiary/aromatic N) is 3. The number of amides is 1. The van der Waals surface area contributed by atoms with Crippen molar-refractivity contribution in [1.29, 1.82) is 0 Å². The second-order valence-corrected chi connectivity index (χ2v) is 5.60. The maximum absolute atomic E-state index is 12.7. The number of hydrogen-bond acceptors (Lipinski definition) is 2. The Morgan fingerprint density at radius 3 is 2.43 bits per heavy atom. The molecule has 0 aliphatic carbocycles. The molecular weight excluding hydrogens is 262 g/mol. The first-order chi connectivity index (χ1) is 10.2. The van der Waals surface area contributed by atoms with Crippen molar-refractivity contribution in [2.45, 2.75) is 6.54 Å². The number of likely N-dealkylation sites (N-methyl/N-ethyl adjacent to an activating group) is 1. The molecule has 1 aromatic carbocycles. The molecule has 3 rings (SSSR count). The molecule has 1 aliphatic rings. The number of carbonyl (C=O) groups excluding carboxylic acids is 1. The molecule has 110 valence electrons. The smallest absolute Gasteiger partial charge is 0.270 e. The van der Waals surface area contributed by atoms with Crippen LogP contribution in [0, 0.1) is 0 Å². The van der Waals surface area contributed by atoms with Gasteiger partial charge in [0.1, 0.15) is 5.69 Å². The predicted molar refractivity (Wildman–Crippen MR) is 83.4 cm³/mol. The highest BCUT2D eigenvalue weighted by Crippen LogP contribution is 2.12. The van der Waals surface area contributed by atoms with E-state index in [1.807, 2.05) is 46.0 Å². The zero-order valence-corrected chi connectivity index (χ0v) is 12.4. The van der Waals surface area contributed by atoms with Crippen LogP contribution in [0.2, 0.25) is 0 Å². The van der Waals surface area contributed by atoms with Crippen molar-refractivity contribution >= 4 is 5.91 Å². The Labute approximate surface area is 125 Å². The van der Waals surface area contributed by atoms with E-state index in [4.69, 9.17) is 0 Å². The summed E-state index contributed by atoms with van der Waals surface area (Å²) in [7, 11) is 2.10. The van der Waals surface area contributed by atoms with Crippen molar-refractivity contribution in [3.8, 4) is 0 Å². The largest absolute Gasteiger partial charge is 0.339 e. The summed E-state index contributed by atoms with van der Waals surface area (Å²) < 4.78 is 2.04. The Kier molecular flexibility index (Phi) is 4.06. The van der Waals surface area contributed by atoms with Crippen LogP contribution in [0.15, 0.2) is 48.7 Å². The van der Waals surface area contributed by atoms with Gasteiger partial charge in [-0.05, 0) is 24.7 Å². The molecule has 0 N–H and O–H groups in total. The van der Waals surface area contributed by atoms with Crippen LogP contribution in [0.1, 0.15) is 16.1 Å². The topological polar surface area (TPSA) is 28.5 Å². The van der Waals surface area contributed by atoms with Crippen molar-refractivity contribution in [3.63, 3.8) is 0 Å². The van der Waals surface area contributed by atoms with E-state index in [0.717, 1.165) is 38.4 Å². The van der Waals surface area contributed by atoms with E-state index in [1.165, 1.54) is 5.56 Å². The van der Waals surface area contributed by atoms with Gasteiger partial charge in [0, 0.05) is 38.9 Å². The van der Waals surface area contributed by atoms with E-state index in [1.54, 1.807) is 0 Å². The van der Waals surface area contributed by atoms with Gasteiger partial charge in [-0.25, -0.2) is 0 Å². The fourth-order valence-corrected chi connectivity index (χ4v) is 2.70. The lowest BCUT2D eigenvalue weighted by molar-refractivity contribution is 0.0654. The second-order valence-electron chi connectivity index (χ2n) is 5.60. The van der Waals surface area contributed by atoms with Crippen LogP contribution in [0.3, 0.4) is 0 Å². The maximum atomic E-state index is 12.7. The van der Waals surface area contributed by atoms with Crippen LogP contribution in [-0.4, -0.2) is 53.5 Å². The molecule has 1 aliphatic heterocycles. The lowest BCUT2D eigenvalue weighted by atomic mass is 10.2. The van der Waals surface area contributed by atoms with Crippen molar-refractivity contribution in [3.05, 3.63) is 59.9 Å². The molecular formula is C17H21N3O. The van der Waals surface area contributed by atoms with Gasteiger partial charge in [-0.3, -0.25) is 4.79 Å². The molecule has 0 unspecified atom stereocenters. The average Bonchev–Trinajstić information content (AvgIpc) is 2.96. The summed E-state index contributed by atoms with van der Waals surface area (Å²) in [6, 6.07) is 14.1. The minimum atomic E-state index is 0.143. The first-order valence-corrected chi connectivity index (χ1v) is 7.41. The van der Waals surface area contributed by atoms with E-state index in [2.05, 4.69) is 24.1 Å². The predicted octanol–water partition coefficient (Wildman–Crippen LogP) is 1.92. The summed E-state index contributed by atoms with van der Waals surface area (Å²) in [6.07, 6.45) is 1.98. The van der Waals surface area contributed by atoms with E-state index in [0.29, 0.717) is 0 Å². The molecule has 2 aromatic rings. The molecule has 0 saturated carbocycles. The molecule has 4 heteroatoms. The van der Waals surface area contributed by atoms with Gasteiger partial charge in [-0.1, -0.05) is 30.3 Å². The molecule has 1 fully saturated rings. The number of piperazine rings is 1. The number of aromatic nitrogens is 1. The van der Waals surface area contributed by atoms with E-state index >= 15 is 0 Å². The summed E-state index contributed by atoms with van der Waals surface area (Å²) in [6.45, 7) is 4.26. The molecule has 2 heterocycles. The minimum absolute atomic E-state index is 0.143. The van der Waals surface area contributed by atoms with Crippen LogP contribution in [0.25, 0.3) is 0 Å². The fourth-order valence-electron chi connectivity index (χ4n) is 2.70. The molecule has 1 saturated heterocycles. The molecule has 1 amide bonds. The third-order valence-electron chi connectivity index (χ3n) is 4.03. The molecule has 0 atom stereocenters. The average molecular weight is 283 g/mol. The van der Waals surface area contributed by atoms with Gasteiger partial charge in [0.05, 0.1) is 0 Å². The molecule has 21 heavy (non-hydrogen) atoms. The lowest BCUT2D eigenvalue weighted by Gasteiger charge is -2.32. The second kappa shape index (κ2) is 6.14. The van der Waals surface area contributed by atoms with E-state index < -0.39 is 0 Å². The van der Waals surface area contributed by atoms with Gasteiger partial charge >= 0.3 is 0 Å². The molecule has 4 nitrogen and oxygen atoms in total. The minimum Gasteiger partial charge on any atom is -0.339 e. The Balaban J connectivity index is 1.74. The summed E-state index contributed by atoms with van der Waals surface area (Å²) in [5.41, 5.74) is 1.99. The van der Waals surface area contributed by atoms with Gasteiger partial charge in [0.15, 0.2) is 0 Å². The van der Waals surface area contributed by atoms with Crippen LogP contribution in [0.5, 0.6) is 0 Å². The summed E-state index contributed by atoms with van der Waals surface area (Å²) in [4.78, 5) is 16.9. The first kappa shape index (κ1) is 13.9. The van der Waals surface area contributed by atoms with Crippen molar-refractivity contribution < 1.29 is 4.79 Å². The molecule has 1 aromatic heterocycles. The molecule has 0 radical (unpaired) electrons. The van der Waals surface area contributed by atoms with Gasteiger partial charge in [-0.15, -0.1) is 0 Å². The standard InChI is InChI=1S/C17H21N3O/c1-18-10-12-19(13-11-18)17(21)16-8-5-9-20(16)14-15-6-3-2-4-7-15/h2-9H,10-14H2,1H3. The fraction of sp³-hybridized carbons (Fsp3) is 0.353. The third kappa shape index (κ3) is 3.16. The highest BCUT2D eigenvalue weighted by molar-refractivity contribution is 5.92. The first-order valence-electron chi connectivity index (χ1n) is 7.41. The SMILES string of the molecule is CN1CCN(C(=O)c2cccn2Cc2ccccc2)CC1. The van der Waals surface area contributed by atoms with Gasteiger partial charge in [-0.2, -0.15) is 0 Å². The normalized spacial score (nSPS) is 16.1. The summed E-state index contributed by atoms with van der Waals surface area (Å²) in [5.74, 6) is 0.143. The molecule has 0 spiro atoms. The van der Waals surface area contributed by atoms with Crippen molar-refractivity contribution in [2.24, 2.45) is 0 Å². The quantitative estimate of drug-likeness (QED) is 0.861. The Morgan fingerprint density at radius 2 is 1.71 bits per heavy atom. The zero-order valence-electron chi connectivity index (χ0n) is 12.4. The highest BCUT2D eigenvalue weighted by Gasteiger charge is 2.22. The van der Waals surface area contributed by atoms with Gasteiger partial charge in [0.2, 0.25) is 0 Å². The number of hydrogen-bond donors (Lipinski definition) is 0. The Morgan fingerprint density at radius 1 is 1.00 bits per heavy atom. The summed E-state index contributed by atoms with van der Waals surface area (Å²) in [5, 5.41) is 0. The van der Waals surface area contributed by atoms with Gasteiger partial charge < -0.3 is 14.4 Å². The highest BCUT2D eigenvalue weighted by atomic mass is 16.2. The zero-order chi connectivity index (χ0) is 14.7. The van der Waals surface area contributed by atoms with Crippen LogP contribution >= 0.6 is 0 Å². The van der Waals surface area contributed by atoms with Crippen molar-refractivity contribution in [2.75, 3.05) is 33.2 Å². The lowest BCUT2D eigenvalue weighted by Crippen LogP contribution is -2.47. The number of benzene rings is 1. The van der Waals surface area contributed by atoms with E-state index in [9.17, 15) is 4.79 Å². The third-order valence-corrected chi connectivity index (χ3v) is 4.03. The number of carbonyl (C=O) groups is 1. The van der Waals surface area contributed by atoms with Crippen LogP contribution in [0.4, 0.5) is 0 Å². The van der Waals surface area contributed by atoms with Crippen LogP contribution in [-0.2, 0) is 6.54 Å².